The van der Waals surface area contributed by atoms with E-state index in [1.165, 1.54) is 10.8 Å². The van der Waals surface area contributed by atoms with Crippen molar-refractivity contribution in [3.05, 3.63) is 18.1 Å². The first-order chi connectivity index (χ1) is 7.70. The Morgan fingerprint density at radius 1 is 1.56 bits per heavy atom. The summed E-state index contributed by atoms with van der Waals surface area (Å²) in [7, 11) is 0. The van der Waals surface area contributed by atoms with Crippen LogP contribution in [0.2, 0.25) is 0 Å². The number of hydrogen-bond acceptors (Lipinski definition) is 6. The highest BCUT2D eigenvalue weighted by Gasteiger charge is 2.07. The molecule has 0 saturated carbocycles. The highest BCUT2D eigenvalue weighted by atomic mass is 16.3. The molecule has 0 spiro atoms. The number of aromatic nitrogens is 4. The van der Waals surface area contributed by atoms with Gasteiger partial charge in [-0.2, -0.15) is 14.6 Å². The highest BCUT2D eigenvalue weighted by molar-refractivity contribution is 5.44. The quantitative estimate of drug-likeness (QED) is 0.628. The standard InChI is InChI=1S/C9H13N5O2/c1-6-2-8(10-3-7(16)4-15)14-9(13-6)11-5-12-14/h2,5,7,10,15-16H,3-4H2,1H3. The van der Waals surface area contributed by atoms with E-state index in [0.717, 1.165) is 5.69 Å². The van der Waals surface area contributed by atoms with Gasteiger partial charge in [-0.05, 0) is 6.92 Å². The lowest BCUT2D eigenvalue weighted by molar-refractivity contribution is 0.105. The predicted octanol–water partition coefficient (Wildman–Crippen LogP) is -0.802. The zero-order valence-electron chi connectivity index (χ0n) is 8.83. The normalized spacial score (nSPS) is 12.9. The Morgan fingerprint density at radius 2 is 2.38 bits per heavy atom. The van der Waals surface area contributed by atoms with Crippen LogP contribution in [0.25, 0.3) is 5.78 Å². The molecule has 0 aromatic carbocycles. The number of aliphatic hydroxyl groups excluding tert-OH is 2. The second kappa shape index (κ2) is 4.42. The van der Waals surface area contributed by atoms with Crippen molar-refractivity contribution < 1.29 is 10.2 Å². The summed E-state index contributed by atoms with van der Waals surface area (Å²) in [5.41, 5.74) is 0.807. The molecular formula is C9H13N5O2. The number of anilines is 1. The molecule has 1 unspecified atom stereocenters. The van der Waals surface area contributed by atoms with E-state index in [1.54, 1.807) is 6.07 Å². The summed E-state index contributed by atoms with van der Waals surface area (Å²) in [5, 5.41) is 24.9. The van der Waals surface area contributed by atoms with Crippen LogP contribution < -0.4 is 5.32 Å². The molecule has 3 N–H and O–H groups in total. The van der Waals surface area contributed by atoms with Crippen LogP contribution in [0.5, 0.6) is 0 Å². The molecule has 0 aliphatic carbocycles. The average Bonchev–Trinajstić information content (AvgIpc) is 2.73. The van der Waals surface area contributed by atoms with Crippen LogP contribution in [0.4, 0.5) is 5.82 Å². The third kappa shape index (κ3) is 2.10. The predicted molar refractivity (Wildman–Crippen MR) is 57.1 cm³/mol. The second-order valence-electron chi connectivity index (χ2n) is 3.47. The average molecular weight is 223 g/mol. The number of aryl methyl sites for hydroxylation is 1. The van der Waals surface area contributed by atoms with Crippen molar-refractivity contribution in [3.8, 4) is 0 Å². The summed E-state index contributed by atoms with van der Waals surface area (Å²) in [5.74, 6) is 1.19. The lowest BCUT2D eigenvalue weighted by Crippen LogP contribution is -2.24. The molecule has 16 heavy (non-hydrogen) atoms. The van der Waals surface area contributed by atoms with Crippen molar-refractivity contribution in [2.24, 2.45) is 0 Å². The van der Waals surface area contributed by atoms with Gasteiger partial charge >= 0.3 is 0 Å². The molecule has 2 heterocycles. The molecule has 2 aromatic heterocycles. The van der Waals surface area contributed by atoms with E-state index in [1.807, 2.05) is 6.92 Å². The van der Waals surface area contributed by atoms with Gasteiger partial charge in [0.1, 0.15) is 12.1 Å². The molecule has 0 aliphatic rings. The van der Waals surface area contributed by atoms with Crippen LogP contribution in [0, 0.1) is 6.92 Å². The number of rotatable bonds is 4. The largest absolute Gasteiger partial charge is 0.394 e. The van der Waals surface area contributed by atoms with Crippen LogP contribution in [0.3, 0.4) is 0 Å². The maximum absolute atomic E-state index is 9.24. The smallest absolute Gasteiger partial charge is 0.254 e. The first-order valence-electron chi connectivity index (χ1n) is 4.91. The molecule has 0 aliphatic heterocycles. The molecule has 0 radical (unpaired) electrons. The topological polar surface area (TPSA) is 95.6 Å². The Bertz CT molecular complexity index is 484. The van der Waals surface area contributed by atoms with E-state index in [9.17, 15) is 5.11 Å². The molecule has 7 nitrogen and oxygen atoms in total. The molecule has 2 aromatic rings. The maximum Gasteiger partial charge on any atom is 0.254 e. The van der Waals surface area contributed by atoms with Gasteiger partial charge < -0.3 is 15.5 Å². The number of fused-ring (bicyclic) bond motifs is 1. The fourth-order valence-corrected chi connectivity index (χ4v) is 1.34. The van der Waals surface area contributed by atoms with Gasteiger partial charge in [-0.1, -0.05) is 0 Å². The third-order valence-electron chi connectivity index (χ3n) is 2.11. The second-order valence-corrected chi connectivity index (χ2v) is 3.47. The Labute approximate surface area is 91.8 Å². The maximum atomic E-state index is 9.24. The minimum atomic E-state index is -0.799. The van der Waals surface area contributed by atoms with Crippen molar-refractivity contribution in [1.82, 2.24) is 19.6 Å². The van der Waals surface area contributed by atoms with Gasteiger partial charge in [0, 0.05) is 18.3 Å². The highest BCUT2D eigenvalue weighted by Crippen LogP contribution is 2.09. The van der Waals surface area contributed by atoms with Crippen LogP contribution in [-0.4, -0.2) is 49.1 Å². The van der Waals surface area contributed by atoms with E-state index in [-0.39, 0.29) is 13.2 Å². The van der Waals surface area contributed by atoms with Crippen molar-refractivity contribution in [3.63, 3.8) is 0 Å². The SMILES string of the molecule is Cc1cc(NCC(O)CO)n2ncnc2n1. The Morgan fingerprint density at radius 3 is 3.12 bits per heavy atom. The van der Waals surface area contributed by atoms with Crippen molar-refractivity contribution in [2.45, 2.75) is 13.0 Å². The minimum Gasteiger partial charge on any atom is -0.394 e. The number of nitrogens with one attached hydrogen (secondary N) is 1. The number of hydrogen-bond donors (Lipinski definition) is 3. The molecule has 7 heteroatoms. The van der Waals surface area contributed by atoms with Gasteiger partial charge in [-0.25, -0.2) is 4.98 Å². The van der Waals surface area contributed by atoms with Crippen molar-refractivity contribution in [2.75, 3.05) is 18.5 Å². The van der Waals surface area contributed by atoms with Gasteiger partial charge in [0.15, 0.2) is 0 Å². The zero-order valence-corrected chi connectivity index (χ0v) is 8.83. The number of aliphatic hydroxyl groups is 2. The summed E-state index contributed by atoms with van der Waals surface area (Å²) in [6.07, 6.45) is 0.613. The number of nitrogens with zero attached hydrogens (tertiary/aromatic N) is 4. The Hall–Kier alpha value is -1.73. The molecule has 0 saturated heterocycles. The van der Waals surface area contributed by atoms with Crippen molar-refractivity contribution >= 4 is 11.6 Å². The van der Waals surface area contributed by atoms with Crippen LogP contribution in [0.15, 0.2) is 12.4 Å². The summed E-state index contributed by atoms with van der Waals surface area (Å²) >= 11 is 0. The van der Waals surface area contributed by atoms with Gasteiger partial charge in [0.2, 0.25) is 0 Å². The molecular weight excluding hydrogens is 210 g/mol. The fourth-order valence-electron chi connectivity index (χ4n) is 1.34. The van der Waals surface area contributed by atoms with E-state index in [0.29, 0.717) is 11.6 Å². The molecule has 86 valence electrons. The van der Waals surface area contributed by atoms with Gasteiger partial charge in [0.05, 0.1) is 12.7 Å². The Kier molecular flexibility index (Phi) is 2.97. The molecule has 0 amide bonds. The third-order valence-corrected chi connectivity index (χ3v) is 2.11. The molecule has 0 bridgehead atoms. The first-order valence-corrected chi connectivity index (χ1v) is 4.91. The summed E-state index contributed by atoms with van der Waals surface area (Å²) in [4.78, 5) is 8.16. The summed E-state index contributed by atoms with van der Waals surface area (Å²) < 4.78 is 1.54. The Balaban J connectivity index is 2.25. The lowest BCUT2D eigenvalue weighted by atomic mass is 10.3. The summed E-state index contributed by atoms with van der Waals surface area (Å²) in [6.45, 7) is 1.81. The monoisotopic (exact) mass is 223 g/mol. The van der Waals surface area contributed by atoms with E-state index >= 15 is 0 Å². The van der Waals surface area contributed by atoms with Crippen LogP contribution in [-0.2, 0) is 0 Å². The van der Waals surface area contributed by atoms with Gasteiger partial charge in [0.25, 0.3) is 5.78 Å². The van der Waals surface area contributed by atoms with Gasteiger partial charge in [-0.3, -0.25) is 0 Å². The van der Waals surface area contributed by atoms with Crippen LogP contribution in [0.1, 0.15) is 5.69 Å². The molecule has 2 rings (SSSR count). The van der Waals surface area contributed by atoms with Crippen molar-refractivity contribution in [1.29, 1.82) is 0 Å². The fraction of sp³-hybridized carbons (Fsp3) is 0.444. The lowest BCUT2D eigenvalue weighted by Gasteiger charge is -2.11. The van der Waals surface area contributed by atoms with E-state index in [4.69, 9.17) is 5.11 Å². The van der Waals surface area contributed by atoms with Crippen LogP contribution >= 0.6 is 0 Å². The first kappa shape index (κ1) is 10.8. The van der Waals surface area contributed by atoms with Gasteiger partial charge in [-0.15, -0.1) is 0 Å². The van der Waals surface area contributed by atoms with E-state index in [2.05, 4.69) is 20.4 Å². The molecule has 1 atom stereocenters. The minimum absolute atomic E-state index is 0.245. The molecule has 0 fully saturated rings. The van der Waals surface area contributed by atoms with E-state index < -0.39 is 6.10 Å². The zero-order chi connectivity index (χ0) is 11.5. The summed E-state index contributed by atoms with van der Waals surface area (Å²) in [6, 6.07) is 1.80.